The van der Waals surface area contributed by atoms with Crippen molar-refractivity contribution in [2.24, 2.45) is 0 Å². The molecule has 0 bridgehead atoms. The SMILES string of the molecule is Cc1cc(Cl)ccc1NC(=O)CNc1ccccc1F. The van der Waals surface area contributed by atoms with Crippen molar-refractivity contribution < 1.29 is 9.18 Å². The fourth-order valence-electron chi connectivity index (χ4n) is 1.74. The van der Waals surface area contributed by atoms with Crippen molar-refractivity contribution in [3.8, 4) is 0 Å². The fraction of sp³-hybridized carbons (Fsp3) is 0.133. The van der Waals surface area contributed by atoms with Gasteiger partial charge in [-0.25, -0.2) is 4.39 Å². The molecule has 0 aromatic heterocycles. The Kier molecular flexibility index (Phi) is 4.58. The Hall–Kier alpha value is -2.07. The number of para-hydroxylation sites is 1. The van der Waals surface area contributed by atoms with Crippen LogP contribution in [0.4, 0.5) is 15.8 Å². The number of aryl methyl sites for hydroxylation is 1. The Bertz CT molecular complexity index is 631. The summed E-state index contributed by atoms with van der Waals surface area (Å²) in [6, 6.07) is 11.4. The number of hydrogen-bond acceptors (Lipinski definition) is 2. The minimum absolute atomic E-state index is 0.0109. The first-order valence-electron chi connectivity index (χ1n) is 6.10. The van der Waals surface area contributed by atoms with Crippen LogP contribution in [-0.4, -0.2) is 12.5 Å². The lowest BCUT2D eigenvalue weighted by molar-refractivity contribution is -0.114. The smallest absolute Gasteiger partial charge is 0.243 e. The van der Waals surface area contributed by atoms with Crippen molar-refractivity contribution in [1.82, 2.24) is 0 Å². The predicted octanol–water partition coefficient (Wildman–Crippen LogP) is 3.84. The molecule has 2 N–H and O–H groups in total. The second-order valence-electron chi connectivity index (χ2n) is 4.34. The third-order valence-electron chi connectivity index (χ3n) is 2.78. The standard InChI is InChI=1S/C15H14ClFN2O/c1-10-8-11(16)6-7-13(10)19-15(20)9-18-14-5-3-2-4-12(14)17/h2-8,18H,9H2,1H3,(H,19,20). The number of hydrogen-bond donors (Lipinski definition) is 2. The molecule has 20 heavy (non-hydrogen) atoms. The lowest BCUT2D eigenvalue weighted by Gasteiger charge is -2.10. The highest BCUT2D eigenvalue weighted by atomic mass is 35.5. The summed E-state index contributed by atoms with van der Waals surface area (Å²) >= 11 is 5.85. The maximum Gasteiger partial charge on any atom is 0.243 e. The predicted molar refractivity (Wildman–Crippen MR) is 79.7 cm³/mol. The van der Waals surface area contributed by atoms with Gasteiger partial charge in [-0.3, -0.25) is 4.79 Å². The first-order chi connectivity index (χ1) is 9.56. The number of carbonyl (C=O) groups is 1. The van der Waals surface area contributed by atoms with Crippen LogP contribution in [0.15, 0.2) is 42.5 Å². The van der Waals surface area contributed by atoms with Crippen LogP contribution in [0.5, 0.6) is 0 Å². The van der Waals surface area contributed by atoms with E-state index in [4.69, 9.17) is 11.6 Å². The molecule has 0 saturated heterocycles. The van der Waals surface area contributed by atoms with Crippen LogP contribution in [0, 0.1) is 12.7 Å². The molecule has 0 aliphatic carbocycles. The molecule has 0 saturated carbocycles. The van der Waals surface area contributed by atoms with Gasteiger partial charge >= 0.3 is 0 Å². The largest absolute Gasteiger partial charge is 0.374 e. The molecule has 5 heteroatoms. The average Bonchev–Trinajstić information content (AvgIpc) is 2.41. The lowest BCUT2D eigenvalue weighted by Crippen LogP contribution is -2.22. The fourth-order valence-corrected chi connectivity index (χ4v) is 1.97. The molecule has 0 fully saturated rings. The van der Waals surface area contributed by atoms with Crippen LogP contribution in [0.25, 0.3) is 0 Å². The molecule has 0 atom stereocenters. The number of halogens is 2. The minimum atomic E-state index is -0.386. The van der Waals surface area contributed by atoms with Crippen molar-refractivity contribution >= 4 is 28.9 Å². The van der Waals surface area contributed by atoms with Gasteiger partial charge in [0.2, 0.25) is 5.91 Å². The maximum absolute atomic E-state index is 13.4. The minimum Gasteiger partial charge on any atom is -0.374 e. The summed E-state index contributed by atoms with van der Waals surface area (Å²) in [5, 5.41) is 6.11. The molecule has 0 aliphatic heterocycles. The number of benzene rings is 2. The van der Waals surface area contributed by atoms with Gasteiger partial charge in [-0.2, -0.15) is 0 Å². The molecule has 0 spiro atoms. The third kappa shape index (κ3) is 3.71. The first kappa shape index (κ1) is 14.3. The summed E-state index contributed by atoms with van der Waals surface area (Å²) in [6.07, 6.45) is 0. The second kappa shape index (κ2) is 6.39. The van der Waals surface area contributed by atoms with Crippen LogP contribution in [0.2, 0.25) is 5.02 Å². The van der Waals surface area contributed by atoms with E-state index in [1.165, 1.54) is 6.07 Å². The van der Waals surface area contributed by atoms with Crippen molar-refractivity contribution in [3.05, 3.63) is 58.9 Å². The number of anilines is 2. The summed E-state index contributed by atoms with van der Waals surface area (Å²) < 4.78 is 13.4. The highest BCUT2D eigenvalue weighted by Gasteiger charge is 2.06. The van der Waals surface area contributed by atoms with Gasteiger partial charge < -0.3 is 10.6 Å². The molecule has 0 aliphatic rings. The van der Waals surface area contributed by atoms with Crippen LogP contribution < -0.4 is 10.6 Å². The third-order valence-corrected chi connectivity index (χ3v) is 3.01. The summed E-state index contributed by atoms with van der Waals surface area (Å²) in [7, 11) is 0. The van der Waals surface area contributed by atoms with Gasteiger partial charge in [0.25, 0.3) is 0 Å². The molecule has 2 aromatic rings. The summed E-state index contributed by atoms with van der Waals surface area (Å²) in [5.41, 5.74) is 1.86. The van der Waals surface area contributed by atoms with E-state index in [1.807, 2.05) is 6.92 Å². The average molecular weight is 293 g/mol. The van der Waals surface area contributed by atoms with E-state index in [0.29, 0.717) is 16.4 Å². The zero-order valence-electron chi connectivity index (χ0n) is 10.9. The normalized spacial score (nSPS) is 10.2. The van der Waals surface area contributed by atoms with E-state index in [1.54, 1.807) is 36.4 Å². The molecule has 0 unspecified atom stereocenters. The molecule has 3 nitrogen and oxygen atoms in total. The Balaban J connectivity index is 1.94. The quantitative estimate of drug-likeness (QED) is 0.899. The summed E-state index contributed by atoms with van der Waals surface area (Å²) in [4.78, 5) is 11.8. The Morgan fingerprint density at radius 3 is 2.65 bits per heavy atom. The van der Waals surface area contributed by atoms with Crippen LogP contribution >= 0.6 is 11.6 Å². The Labute approximate surface area is 121 Å². The highest BCUT2D eigenvalue weighted by Crippen LogP contribution is 2.19. The highest BCUT2D eigenvalue weighted by molar-refractivity contribution is 6.30. The van der Waals surface area contributed by atoms with E-state index < -0.39 is 0 Å². The molecule has 2 rings (SSSR count). The Morgan fingerprint density at radius 2 is 1.95 bits per heavy atom. The van der Waals surface area contributed by atoms with E-state index in [0.717, 1.165) is 5.56 Å². The zero-order chi connectivity index (χ0) is 14.5. The van der Waals surface area contributed by atoms with Gasteiger partial charge in [0.05, 0.1) is 12.2 Å². The number of rotatable bonds is 4. The van der Waals surface area contributed by atoms with E-state index in [-0.39, 0.29) is 18.3 Å². The van der Waals surface area contributed by atoms with Gasteiger partial charge in [-0.1, -0.05) is 23.7 Å². The van der Waals surface area contributed by atoms with Gasteiger partial charge in [0.15, 0.2) is 0 Å². The van der Waals surface area contributed by atoms with Gasteiger partial charge in [0.1, 0.15) is 5.82 Å². The van der Waals surface area contributed by atoms with Crippen LogP contribution in [-0.2, 0) is 4.79 Å². The molecular formula is C15H14ClFN2O. The van der Waals surface area contributed by atoms with E-state index in [2.05, 4.69) is 10.6 Å². The Morgan fingerprint density at radius 1 is 1.20 bits per heavy atom. The summed E-state index contributed by atoms with van der Waals surface area (Å²) in [6.45, 7) is 1.84. The lowest BCUT2D eigenvalue weighted by atomic mass is 10.2. The van der Waals surface area contributed by atoms with Crippen molar-refractivity contribution in [2.75, 3.05) is 17.2 Å². The first-order valence-corrected chi connectivity index (χ1v) is 6.48. The number of carbonyl (C=O) groups excluding carboxylic acids is 1. The van der Waals surface area contributed by atoms with Crippen molar-refractivity contribution in [3.63, 3.8) is 0 Å². The van der Waals surface area contributed by atoms with Gasteiger partial charge in [-0.15, -0.1) is 0 Å². The van der Waals surface area contributed by atoms with Gasteiger partial charge in [0, 0.05) is 10.7 Å². The molecule has 0 heterocycles. The number of amides is 1. The van der Waals surface area contributed by atoms with Crippen molar-refractivity contribution in [2.45, 2.75) is 6.92 Å². The van der Waals surface area contributed by atoms with E-state index >= 15 is 0 Å². The molecule has 104 valence electrons. The van der Waals surface area contributed by atoms with E-state index in [9.17, 15) is 9.18 Å². The monoisotopic (exact) mass is 292 g/mol. The second-order valence-corrected chi connectivity index (χ2v) is 4.78. The molecule has 2 aromatic carbocycles. The van der Waals surface area contributed by atoms with Crippen LogP contribution in [0.3, 0.4) is 0 Å². The molecule has 0 radical (unpaired) electrons. The van der Waals surface area contributed by atoms with Crippen molar-refractivity contribution in [1.29, 1.82) is 0 Å². The number of nitrogens with one attached hydrogen (secondary N) is 2. The maximum atomic E-state index is 13.4. The van der Waals surface area contributed by atoms with Crippen LogP contribution in [0.1, 0.15) is 5.56 Å². The molecule has 1 amide bonds. The summed E-state index contributed by atoms with van der Waals surface area (Å²) in [5.74, 6) is -0.637. The zero-order valence-corrected chi connectivity index (χ0v) is 11.7. The van der Waals surface area contributed by atoms with Gasteiger partial charge in [-0.05, 0) is 42.8 Å². The topological polar surface area (TPSA) is 41.1 Å². The molecular weight excluding hydrogens is 279 g/mol.